The van der Waals surface area contributed by atoms with Crippen LogP contribution in [0.3, 0.4) is 0 Å². The number of nitrogens with zero attached hydrogens (tertiary/aromatic N) is 4. The Morgan fingerprint density at radius 1 is 0.968 bits per heavy atom. The molecular weight excluding hydrogens is 418 g/mol. The highest BCUT2D eigenvalue weighted by Gasteiger charge is 2.17. The van der Waals surface area contributed by atoms with Gasteiger partial charge in [-0.05, 0) is 37.6 Å². The quantitative estimate of drug-likeness (QED) is 0.552. The van der Waals surface area contributed by atoms with Crippen LogP contribution >= 0.6 is 12.4 Å². The normalized spacial score (nSPS) is 14.8. The summed E-state index contributed by atoms with van der Waals surface area (Å²) in [5, 5.41) is 4.55. The van der Waals surface area contributed by atoms with Crippen molar-refractivity contribution in [3.8, 4) is 5.69 Å². The highest BCUT2D eigenvalue weighted by atomic mass is 35.5. The third-order valence-electron chi connectivity index (χ3n) is 5.64. The summed E-state index contributed by atoms with van der Waals surface area (Å²) >= 11 is 0. The summed E-state index contributed by atoms with van der Waals surface area (Å²) in [5.41, 5.74) is 5.11. The van der Waals surface area contributed by atoms with Crippen molar-refractivity contribution in [1.29, 1.82) is 0 Å². The number of hydrogen-bond acceptors (Lipinski definition) is 3. The number of rotatable bonds is 5. The van der Waals surface area contributed by atoms with Gasteiger partial charge in [0, 0.05) is 55.7 Å². The molecule has 164 valence electrons. The maximum atomic E-state index is 13.5. The van der Waals surface area contributed by atoms with Crippen molar-refractivity contribution in [1.82, 2.24) is 14.7 Å². The number of aryl methyl sites for hydroxylation is 1. The summed E-state index contributed by atoms with van der Waals surface area (Å²) < 4.78 is 28.9. The zero-order valence-electron chi connectivity index (χ0n) is 17.8. The Morgan fingerprint density at radius 2 is 1.65 bits per heavy atom. The molecule has 0 atom stereocenters. The van der Waals surface area contributed by atoms with Crippen LogP contribution in [0.25, 0.3) is 11.8 Å². The summed E-state index contributed by atoms with van der Waals surface area (Å²) in [6.45, 7) is 8.20. The Bertz CT molecular complexity index is 1040. The molecule has 7 heteroatoms. The highest BCUT2D eigenvalue weighted by Crippen LogP contribution is 2.20. The molecule has 31 heavy (non-hydrogen) atoms. The number of hydrogen-bond donors (Lipinski definition) is 0. The Labute approximate surface area is 188 Å². The minimum Gasteiger partial charge on any atom is -0.369 e. The summed E-state index contributed by atoms with van der Waals surface area (Å²) in [6.07, 6.45) is 6.17. The van der Waals surface area contributed by atoms with Crippen LogP contribution in [0.1, 0.15) is 16.8 Å². The van der Waals surface area contributed by atoms with Crippen LogP contribution in [0.15, 0.2) is 54.7 Å². The van der Waals surface area contributed by atoms with Gasteiger partial charge in [0.2, 0.25) is 0 Å². The fourth-order valence-electron chi connectivity index (χ4n) is 3.87. The fraction of sp³-hybridized carbons (Fsp3) is 0.292. The van der Waals surface area contributed by atoms with E-state index in [2.05, 4.69) is 48.1 Å². The molecule has 0 spiro atoms. The maximum absolute atomic E-state index is 13.5. The molecule has 1 saturated heterocycles. The second-order valence-electron chi connectivity index (χ2n) is 7.70. The van der Waals surface area contributed by atoms with Gasteiger partial charge in [0.1, 0.15) is 11.6 Å². The molecule has 1 aliphatic heterocycles. The molecule has 0 radical (unpaired) electrons. The summed E-state index contributed by atoms with van der Waals surface area (Å²) in [5.74, 6) is -1.06. The van der Waals surface area contributed by atoms with Crippen LogP contribution in [-0.4, -0.2) is 47.4 Å². The molecule has 4 rings (SSSR count). The number of benzene rings is 2. The van der Waals surface area contributed by atoms with Gasteiger partial charge in [0.15, 0.2) is 0 Å². The van der Waals surface area contributed by atoms with E-state index in [1.807, 2.05) is 27.9 Å². The Hall–Kier alpha value is -2.70. The van der Waals surface area contributed by atoms with Crippen molar-refractivity contribution < 1.29 is 8.78 Å². The number of piperazine rings is 1. The van der Waals surface area contributed by atoms with E-state index in [1.54, 1.807) is 0 Å². The van der Waals surface area contributed by atoms with Crippen LogP contribution < -0.4 is 4.90 Å². The van der Waals surface area contributed by atoms with Crippen molar-refractivity contribution in [2.45, 2.75) is 13.8 Å². The van der Waals surface area contributed by atoms with E-state index >= 15 is 0 Å². The zero-order valence-corrected chi connectivity index (χ0v) is 18.6. The van der Waals surface area contributed by atoms with Gasteiger partial charge in [-0.3, -0.25) is 4.90 Å². The largest absolute Gasteiger partial charge is 0.369 e. The van der Waals surface area contributed by atoms with Gasteiger partial charge < -0.3 is 4.90 Å². The average Bonchev–Trinajstić information content (AvgIpc) is 3.08. The van der Waals surface area contributed by atoms with Crippen molar-refractivity contribution in [2.75, 3.05) is 37.6 Å². The number of aromatic nitrogens is 2. The van der Waals surface area contributed by atoms with Gasteiger partial charge in [-0.25, -0.2) is 13.5 Å². The number of para-hydroxylation sites is 1. The maximum Gasteiger partial charge on any atom is 0.128 e. The van der Waals surface area contributed by atoms with Crippen LogP contribution in [0.2, 0.25) is 0 Å². The molecule has 0 saturated carbocycles. The van der Waals surface area contributed by atoms with Crippen LogP contribution in [0.5, 0.6) is 0 Å². The van der Waals surface area contributed by atoms with E-state index in [0.29, 0.717) is 5.69 Å². The van der Waals surface area contributed by atoms with Gasteiger partial charge in [-0.1, -0.05) is 30.4 Å². The Morgan fingerprint density at radius 3 is 2.32 bits per heavy atom. The minimum absolute atomic E-state index is 0. The first-order valence-electron chi connectivity index (χ1n) is 10.2. The number of anilines is 1. The molecule has 0 N–H and O–H groups in total. The van der Waals surface area contributed by atoms with Gasteiger partial charge in [-0.2, -0.15) is 5.10 Å². The zero-order chi connectivity index (χ0) is 21.1. The van der Waals surface area contributed by atoms with Crippen molar-refractivity contribution in [3.05, 3.63) is 83.2 Å². The molecule has 2 heterocycles. The third kappa shape index (κ3) is 5.32. The third-order valence-corrected chi connectivity index (χ3v) is 5.64. The molecular formula is C24H27ClF2N4. The molecule has 1 aromatic heterocycles. The smallest absolute Gasteiger partial charge is 0.128 e. The van der Waals surface area contributed by atoms with Crippen molar-refractivity contribution >= 4 is 24.2 Å². The second kappa shape index (κ2) is 10.1. The minimum atomic E-state index is -0.531. The van der Waals surface area contributed by atoms with Gasteiger partial charge in [0.25, 0.3) is 0 Å². The van der Waals surface area contributed by atoms with E-state index < -0.39 is 11.6 Å². The molecule has 1 fully saturated rings. The van der Waals surface area contributed by atoms with E-state index in [9.17, 15) is 8.78 Å². The lowest BCUT2D eigenvalue weighted by atomic mass is 10.2. The lowest BCUT2D eigenvalue weighted by molar-refractivity contribution is 0.284. The van der Waals surface area contributed by atoms with E-state index in [1.165, 1.54) is 17.7 Å². The molecule has 0 bridgehead atoms. The summed E-state index contributed by atoms with van der Waals surface area (Å²) in [6, 6.07) is 11.9. The predicted molar refractivity (Wildman–Crippen MR) is 124 cm³/mol. The first-order chi connectivity index (χ1) is 14.5. The molecule has 0 amide bonds. The first-order valence-corrected chi connectivity index (χ1v) is 10.2. The summed E-state index contributed by atoms with van der Waals surface area (Å²) in [7, 11) is 0. The fourth-order valence-corrected chi connectivity index (χ4v) is 3.87. The van der Waals surface area contributed by atoms with E-state index in [4.69, 9.17) is 0 Å². The van der Waals surface area contributed by atoms with E-state index in [-0.39, 0.29) is 12.4 Å². The topological polar surface area (TPSA) is 24.3 Å². The molecule has 0 aliphatic carbocycles. The SMILES string of the molecule is Cc1ccccc1-n1ncc(/C=C/CN2CCN(c3cc(F)cc(F)c3)CC2)c1C.Cl. The van der Waals surface area contributed by atoms with Crippen LogP contribution in [0, 0.1) is 25.5 Å². The van der Waals surface area contributed by atoms with Gasteiger partial charge >= 0.3 is 0 Å². The molecule has 0 unspecified atom stereocenters. The molecule has 1 aliphatic rings. The second-order valence-corrected chi connectivity index (χ2v) is 7.70. The lowest BCUT2D eigenvalue weighted by Gasteiger charge is -2.35. The van der Waals surface area contributed by atoms with Gasteiger partial charge in [0.05, 0.1) is 11.9 Å². The lowest BCUT2D eigenvalue weighted by Crippen LogP contribution is -2.46. The Balaban J connectivity index is 0.00000272. The van der Waals surface area contributed by atoms with Crippen LogP contribution in [-0.2, 0) is 0 Å². The van der Waals surface area contributed by atoms with Crippen molar-refractivity contribution in [3.63, 3.8) is 0 Å². The van der Waals surface area contributed by atoms with Crippen LogP contribution in [0.4, 0.5) is 14.5 Å². The standard InChI is InChI=1S/C24H26F2N4.ClH/c1-18-6-3-4-8-24(18)30-19(2)20(17-27-30)7-5-9-28-10-12-29(13-11-28)23-15-21(25)14-22(26)16-23;/h3-8,14-17H,9-13H2,1-2H3;1H/b7-5+;. The number of halogens is 3. The van der Waals surface area contributed by atoms with Crippen molar-refractivity contribution in [2.24, 2.45) is 0 Å². The predicted octanol–water partition coefficient (Wildman–Crippen LogP) is 5.02. The monoisotopic (exact) mass is 444 g/mol. The summed E-state index contributed by atoms with van der Waals surface area (Å²) in [4.78, 5) is 4.37. The molecule has 4 nitrogen and oxygen atoms in total. The van der Waals surface area contributed by atoms with E-state index in [0.717, 1.165) is 55.7 Å². The molecule has 2 aromatic carbocycles. The van der Waals surface area contributed by atoms with Gasteiger partial charge in [-0.15, -0.1) is 12.4 Å². The average molecular weight is 445 g/mol. The molecule has 3 aromatic rings. The first kappa shape index (κ1) is 23.0. The Kier molecular flexibility index (Phi) is 7.46. The highest BCUT2D eigenvalue weighted by molar-refractivity contribution is 5.85.